The minimum absolute atomic E-state index is 4.50. The van der Waals surface area contributed by atoms with Crippen molar-refractivity contribution in [2.24, 2.45) is 0 Å². The first-order chi connectivity index (χ1) is 4.00. The van der Waals surface area contributed by atoms with Gasteiger partial charge in [0, 0.05) is 0 Å². The molecule has 0 saturated carbocycles. The van der Waals surface area contributed by atoms with Crippen LogP contribution in [0.3, 0.4) is 0 Å². The van der Waals surface area contributed by atoms with E-state index in [0.717, 1.165) is 0 Å². The van der Waals surface area contributed by atoms with Gasteiger partial charge in [-0.15, -0.1) is 0 Å². The fourth-order valence-electron chi connectivity index (χ4n) is 0. The third-order valence-corrected chi connectivity index (χ3v) is 0. The molecule has 8 heavy (non-hydrogen) atoms. The summed E-state index contributed by atoms with van der Waals surface area (Å²) in [6.07, 6.45) is 0. The highest BCUT2D eigenvalue weighted by Gasteiger charge is 0.594. The summed E-state index contributed by atoms with van der Waals surface area (Å²) in [7, 11) is 0. The predicted molar refractivity (Wildman–Crippen MR) is 24.3 cm³/mol. The van der Waals surface area contributed by atoms with Crippen LogP contribution >= 0.6 is 0 Å². The summed E-state index contributed by atoms with van der Waals surface area (Å²) in [5, 5.41) is 0. The van der Waals surface area contributed by atoms with Crippen LogP contribution in [0.4, 0.5) is 0 Å². The highest BCUT2D eigenvalue weighted by atomic mass is 16.2. The number of rotatable bonds is 0. The summed E-state index contributed by atoms with van der Waals surface area (Å²) < 4.78 is 0. The molecule has 0 bridgehead atoms. The van der Waals surface area contributed by atoms with E-state index in [-0.39, 0.29) is 0 Å². The quantitative estimate of drug-likeness (QED) is 0.358. The van der Waals surface area contributed by atoms with Gasteiger partial charge in [-0.25, -0.2) is 0 Å². The number of hydrogen-bond donors (Lipinski definition) is 4. The van der Waals surface area contributed by atoms with E-state index in [9.17, 15) is 0 Å². The van der Waals surface area contributed by atoms with Gasteiger partial charge in [-0.1, -0.05) is 22.4 Å². The van der Waals surface area contributed by atoms with Gasteiger partial charge in [-0.3, -0.25) is 0 Å². The normalized spacial score (nSPS) is 2.00. The second kappa shape index (κ2) is 40.8. The summed E-state index contributed by atoms with van der Waals surface area (Å²) in [6, 6.07) is 0. The number of nitrogens with one attached hydrogen (secondary N) is 4. The zero-order valence-electron chi connectivity index (χ0n) is 3.63. The molecule has 4 N–H and O–H groups in total. The molecule has 8 nitrogen and oxygen atoms in total. The van der Waals surface area contributed by atoms with Gasteiger partial charge in [-0.2, -0.15) is 19.6 Å². The van der Waals surface area contributed by atoms with Gasteiger partial charge in [0.2, 0.25) is 0 Å². The number of hydrogen-bond acceptors (Lipinski definition) is 8. The van der Waals surface area contributed by atoms with Crippen LogP contribution in [0.2, 0.25) is 0 Å². The van der Waals surface area contributed by atoms with Gasteiger partial charge in [0.25, 0.3) is 0 Å². The lowest BCUT2D eigenvalue weighted by Crippen LogP contribution is -0.649. The molecular weight excluding hydrogens is 120 g/mol. The molecule has 0 aliphatic rings. The van der Waals surface area contributed by atoms with Gasteiger partial charge < -0.3 is 0 Å². The molecule has 0 radical (unpaired) electrons. The van der Waals surface area contributed by atoms with Crippen LogP contribution in [0.1, 0.15) is 0 Å². The Morgan fingerprint density at radius 1 is 0.375 bits per heavy atom. The maximum Gasteiger partial charge on any atom is -0.0850 e. The van der Waals surface area contributed by atoms with Crippen LogP contribution < -0.4 is 0 Å². The van der Waals surface area contributed by atoms with Crippen molar-refractivity contribution in [3.8, 4) is 0 Å². The van der Waals surface area contributed by atoms with Gasteiger partial charge in [0.05, 0.1) is 0 Å². The van der Waals surface area contributed by atoms with Crippen molar-refractivity contribution < 1.29 is 0 Å². The van der Waals surface area contributed by atoms with E-state index in [2.05, 4.69) is 22.4 Å². The molecule has 0 aromatic rings. The molecule has 0 atom stereocenters. The van der Waals surface area contributed by atoms with Crippen molar-refractivity contribution in [2.75, 3.05) is 0 Å². The Morgan fingerprint density at radius 2 is 0.375 bits per heavy atom. The highest BCUT2D eigenvalue weighted by molar-refractivity contribution is 3.64. The Hall–Kier alpha value is -1.60. The first kappa shape index (κ1) is 32.4. The Morgan fingerprint density at radius 3 is 0.375 bits per heavy atom. The molecular formula is H4N4O4. The lowest BCUT2D eigenvalue weighted by Gasteiger charge is -0.827. The van der Waals surface area contributed by atoms with E-state index in [0.29, 0.717) is 0 Å². The SMILES string of the molecule is N=O.N=O.N=O.N=O. The first-order valence-corrected chi connectivity index (χ1v) is 0.816. The van der Waals surface area contributed by atoms with Gasteiger partial charge in [0.15, 0.2) is 0 Å². The van der Waals surface area contributed by atoms with E-state index < -0.39 is 0 Å². The van der Waals surface area contributed by atoms with E-state index in [4.69, 9.17) is 19.6 Å². The average Bonchev–Trinajstić information content (AvgIpc) is 2.03. The fourth-order valence-corrected chi connectivity index (χ4v) is 0. The van der Waals surface area contributed by atoms with Crippen LogP contribution in [0, 0.1) is 42.0 Å². The fraction of sp³-hybridized carbons (Fsp3) is 0. The summed E-state index contributed by atoms with van der Waals surface area (Å²) in [5.41, 5.74) is 18.0. The zero-order valence-corrected chi connectivity index (χ0v) is 3.63. The van der Waals surface area contributed by atoms with Gasteiger partial charge in [-0.05, 0) is 0 Å². The Kier molecular flexibility index (Phi) is 165. The van der Waals surface area contributed by atoms with Crippen LogP contribution in [-0.2, 0) is 0 Å². The number of nitroso groups, excluding NO2 is 4. The largest absolute Gasteiger partial charge is 0.154 e. The topological polar surface area (TPSA) is 164 Å². The molecule has 0 rings (SSSR count). The van der Waals surface area contributed by atoms with Crippen molar-refractivity contribution >= 4 is 0 Å². The molecule has 0 aliphatic heterocycles. The minimum Gasteiger partial charge on any atom is -0.154 e. The van der Waals surface area contributed by atoms with E-state index in [1.54, 1.807) is 0 Å². The van der Waals surface area contributed by atoms with Crippen LogP contribution in [-0.4, -0.2) is 0 Å². The lowest BCUT2D eigenvalue weighted by molar-refractivity contribution is 1.49. The van der Waals surface area contributed by atoms with Crippen LogP contribution in [0.15, 0.2) is 0 Å². The monoisotopic (exact) mass is 124 g/mol. The second-order valence-electron chi connectivity index (χ2n) is 0. The van der Waals surface area contributed by atoms with Crippen molar-refractivity contribution in [3.05, 3.63) is 19.6 Å². The molecule has 0 unspecified atom stereocenters. The molecule has 0 aromatic heterocycles. The predicted octanol–water partition coefficient (Wildman–Crippen LogP) is 1.33. The maximum atomic E-state index is 7.50. The molecule has 0 aromatic carbocycles. The molecule has 8 heteroatoms. The molecule has 0 saturated heterocycles. The average molecular weight is 124 g/mol. The summed E-state index contributed by atoms with van der Waals surface area (Å²) >= 11 is 0. The summed E-state index contributed by atoms with van der Waals surface area (Å²) in [6.45, 7) is 0. The molecule has 48 valence electrons. The van der Waals surface area contributed by atoms with E-state index in [1.807, 2.05) is 0 Å². The first-order valence-electron chi connectivity index (χ1n) is 0.816. The second-order valence-corrected chi connectivity index (χ2v) is 0. The van der Waals surface area contributed by atoms with E-state index >= 15 is 0 Å². The minimum atomic E-state index is 4.50. The Balaban J connectivity index is -0.0000000133. The van der Waals surface area contributed by atoms with Crippen molar-refractivity contribution in [1.29, 1.82) is 22.4 Å². The van der Waals surface area contributed by atoms with Gasteiger partial charge >= 0.3 is 0 Å². The van der Waals surface area contributed by atoms with Crippen molar-refractivity contribution in [3.63, 3.8) is 0 Å². The van der Waals surface area contributed by atoms with Crippen LogP contribution in [0.5, 0.6) is 0 Å². The Labute approximate surface area is 43.3 Å². The molecule has 0 heterocycles. The van der Waals surface area contributed by atoms with Crippen molar-refractivity contribution in [1.82, 2.24) is 0 Å². The van der Waals surface area contributed by atoms with Crippen molar-refractivity contribution in [2.45, 2.75) is 0 Å². The van der Waals surface area contributed by atoms with Crippen LogP contribution in [0.25, 0.3) is 0 Å². The smallest absolute Gasteiger partial charge is 0.0850 e. The highest BCUT2D eigenvalue weighted by Crippen LogP contribution is 0.772. The lowest BCUT2D eigenvalue weighted by atomic mass is 13.8. The molecule has 0 spiro atoms. The summed E-state index contributed by atoms with van der Waals surface area (Å²) in [4.78, 5) is 30.0. The standard InChI is InChI=1S/4HNO/c4*1-2/h4*1H. The van der Waals surface area contributed by atoms with E-state index in [1.165, 1.54) is 0 Å². The summed E-state index contributed by atoms with van der Waals surface area (Å²) in [5.74, 6) is 0. The third kappa shape index (κ3) is 19.9. The maximum absolute atomic E-state index is 7.50. The third-order valence-electron chi connectivity index (χ3n) is 0. The Bertz CT molecular complexity index is 16.0. The van der Waals surface area contributed by atoms with Gasteiger partial charge in [0.1, 0.15) is 0 Å². The molecule has 0 amide bonds. The zero-order chi connectivity index (χ0) is 8.00. The molecule has 0 fully saturated rings. The molecule has 0 aliphatic carbocycles.